The highest BCUT2D eigenvalue weighted by atomic mass is 32.2. The number of fused-ring (bicyclic) bond motifs is 1. The van der Waals surface area contributed by atoms with Crippen LogP contribution in [-0.4, -0.2) is 38.6 Å². The van der Waals surface area contributed by atoms with Gasteiger partial charge >= 0.3 is 16.2 Å². The SMILES string of the molecule is CCOC(=O)CCCCc1ccc2cc(O)c(N3CC(=O)NS3(=O)=O)c(F)c2c1. The number of phenolic OH excluding ortho intramolecular Hbond substituents is 1. The molecule has 8 nitrogen and oxygen atoms in total. The summed E-state index contributed by atoms with van der Waals surface area (Å²) in [6.07, 6.45) is 2.21. The Morgan fingerprint density at radius 3 is 2.72 bits per heavy atom. The van der Waals surface area contributed by atoms with Crippen LogP contribution in [0.15, 0.2) is 24.3 Å². The number of unbranched alkanes of at least 4 members (excludes halogenated alkanes) is 1. The lowest BCUT2D eigenvalue weighted by Gasteiger charge is -2.18. The molecule has 1 amide bonds. The highest BCUT2D eigenvalue weighted by Crippen LogP contribution is 2.38. The maximum atomic E-state index is 15.1. The number of phenols is 1. The maximum Gasteiger partial charge on any atom is 0.326 e. The summed E-state index contributed by atoms with van der Waals surface area (Å²) in [5, 5.41) is 10.7. The Balaban J connectivity index is 1.85. The van der Waals surface area contributed by atoms with Crippen molar-refractivity contribution < 1.29 is 32.2 Å². The molecule has 0 saturated carbocycles. The number of nitrogens with one attached hydrogen (secondary N) is 1. The minimum atomic E-state index is -4.25. The third-order valence-corrected chi connectivity index (χ3v) is 5.95. The van der Waals surface area contributed by atoms with Crippen molar-refractivity contribution in [2.75, 3.05) is 17.5 Å². The molecular formula is C19H21FN2O6S. The number of nitrogens with zero attached hydrogens (tertiary/aromatic N) is 1. The molecule has 0 atom stereocenters. The highest BCUT2D eigenvalue weighted by molar-refractivity contribution is 7.92. The second-order valence-electron chi connectivity index (χ2n) is 6.66. The average molecular weight is 424 g/mol. The summed E-state index contributed by atoms with van der Waals surface area (Å²) >= 11 is 0. The number of aromatic hydroxyl groups is 1. The molecule has 1 aliphatic rings. The van der Waals surface area contributed by atoms with Crippen LogP contribution in [0.4, 0.5) is 10.1 Å². The first-order chi connectivity index (χ1) is 13.7. The van der Waals surface area contributed by atoms with E-state index in [2.05, 4.69) is 0 Å². The summed E-state index contributed by atoms with van der Waals surface area (Å²) in [7, 11) is -4.25. The largest absolute Gasteiger partial charge is 0.506 e. The zero-order valence-corrected chi connectivity index (χ0v) is 16.6. The number of carbonyl (C=O) groups excluding carboxylic acids is 2. The van der Waals surface area contributed by atoms with E-state index in [1.165, 1.54) is 6.07 Å². The predicted octanol–water partition coefficient (Wildman–Crippen LogP) is 2.14. The molecule has 0 unspecified atom stereocenters. The Morgan fingerprint density at radius 2 is 2.07 bits per heavy atom. The van der Waals surface area contributed by atoms with E-state index in [-0.39, 0.29) is 11.4 Å². The van der Waals surface area contributed by atoms with Crippen LogP contribution in [0.25, 0.3) is 10.8 Å². The van der Waals surface area contributed by atoms with E-state index in [0.717, 1.165) is 5.56 Å². The monoisotopic (exact) mass is 424 g/mol. The number of anilines is 1. The van der Waals surface area contributed by atoms with Crippen LogP contribution in [-0.2, 0) is 31.0 Å². The number of aryl methyl sites for hydroxylation is 1. The Bertz CT molecular complexity index is 1070. The lowest BCUT2D eigenvalue weighted by atomic mass is 10.0. The molecule has 2 N–H and O–H groups in total. The number of hydrogen-bond acceptors (Lipinski definition) is 6. The molecule has 29 heavy (non-hydrogen) atoms. The number of rotatable bonds is 7. The number of esters is 1. The standard InChI is InChI=1S/C19H21FN2O6S/c1-2-28-17(25)6-4-3-5-12-7-8-13-10-15(23)19(18(20)14(13)9-12)22-11-16(24)21-29(22,26)27/h7-10,23H,2-6,11H2,1H3,(H,21,24). The van der Waals surface area contributed by atoms with Crippen molar-refractivity contribution in [3.8, 4) is 5.75 Å². The zero-order chi connectivity index (χ0) is 21.2. The lowest BCUT2D eigenvalue weighted by molar-refractivity contribution is -0.143. The average Bonchev–Trinajstić information content (AvgIpc) is 2.91. The topological polar surface area (TPSA) is 113 Å². The molecular weight excluding hydrogens is 403 g/mol. The second kappa shape index (κ2) is 8.24. The van der Waals surface area contributed by atoms with E-state index in [9.17, 15) is 23.1 Å². The van der Waals surface area contributed by atoms with Gasteiger partial charge in [0.1, 0.15) is 18.0 Å². The number of halogens is 1. The fourth-order valence-electron chi connectivity index (χ4n) is 3.25. The number of hydrogen-bond donors (Lipinski definition) is 2. The second-order valence-corrected chi connectivity index (χ2v) is 8.26. The van der Waals surface area contributed by atoms with Crippen molar-refractivity contribution in [1.82, 2.24) is 4.72 Å². The molecule has 1 heterocycles. The highest BCUT2D eigenvalue weighted by Gasteiger charge is 2.37. The van der Waals surface area contributed by atoms with Gasteiger partial charge in [-0.3, -0.25) is 9.59 Å². The van der Waals surface area contributed by atoms with Crippen molar-refractivity contribution in [1.29, 1.82) is 0 Å². The molecule has 0 aliphatic carbocycles. The molecule has 2 aromatic rings. The van der Waals surface area contributed by atoms with Gasteiger partial charge in [0.05, 0.1) is 6.61 Å². The molecule has 1 fully saturated rings. The van der Waals surface area contributed by atoms with Crippen molar-refractivity contribution in [2.24, 2.45) is 0 Å². The van der Waals surface area contributed by atoms with Crippen LogP contribution in [0.2, 0.25) is 0 Å². The van der Waals surface area contributed by atoms with Gasteiger partial charge in [-0.25, -0.2) is 13.4 Å². The van der Waals surface area contributed by atoms with Crippen molar-refractivity contribution in [3.05, 3.63) is 35.6 Å². The van der Waals surface area contributed by atoms with E-state index in [1.807, 2.05) is 0 Å². The van der Waals surface area contributed by atoms with Crippen LogP contribution >= 0.6 is 0 Å². The van der Waals surface area contributed by atoms with Gasteiger partial charge in [0.15, 0.2) is 5.82 Å². The molecule has 2 aromatic carbocycles. The van der Waals surface area contributed by atoms with E-state index in [0.29, 0.717) is 42.0 Å². The third kappa shape index (κ3) is 4.42. The van der Waals surface area contributed by atoms with Crippen LogP contribution in [0.5, 0.6) is 5.75 Å². The quantitative estimate of drug-likeness (QED) is 0.520. The molecule has 1 aliphatic heterocycles. The van der Waals surface area contributed by atoms with E-state index < -0.39 is 39.9 Å². The number of ether oxygens (including phenoxy) is 1. The van der Waals surface area contributed by atoms with E-state index in [1.54, 1.807) is 29.8 Å². The summed E-state index contributed by atoms with van der Waals surface area (Å²) in [6, 6.07) is 6.25. The maximum absolute atomic E-state index is 15.1. The van der Waals surface area contributed by atoms with Crippen molar-refractivity contribution in [2.45, 2.75) is 32.6 Å². The van der Waals surface area contributed by atoms with Gasteiger partial charge < -0.3 is 9.84 Å². The molecule has 0 bridgehead atoms. The molecule has 0 radical (unpaired) electrons. The molecule has 10 heteroatoms. The van der Waals surface area contributed by atoms with Gasteiger partial charge in [-0.15, -0.1) is 0 Å². The van der Waals surface area contributed by atoms with E-state index in [4.69, 9.17) is 4.74 Å². The molecule has 0 spiro atoms. The minimum absolute atomic E-state index is 0.134. The summed E-state index contributed by atoms with van der Waals surface area (Å²) in [6.45, 7) is 1.48. The Labute approximate surface area is 167 Å². The first-order valence-electron chi connectivity index (χ1n) is 9.16. The van der Waals surface area contributed by atoms with Gasteiger partial charge in [-0.1, -0.05) is 12.1 Å². The fraction of sp³-hybridized carbons (Fsp3) is 0.368. The van der Waals surface area contributed by atoms with Crippen molar-refractivity contribution in [3.63, 3.8) is 0 Å². The lowest BCUT2D eigenvalue weighted by Crippen LogP contribution is -2.30. The zero-order valence-electron chi connectivity index (χ0n) is 15.8. The summed E-state index contributed by atoms with van der Waals surface area (Å²) < 4.78 is 46.4. The molecule has 1 saturated heterocycles. The Hall–Kier alpha value is -2.88. The van der Waals surface area contributed by atoms with Gasteiger partial charge in [-0.2, -0.15) is 8.42 Å². The Kier molecular flexibility index (Phi) is 5.92. The predicted molar refractivity (Wildman–Crippen MR) is 104 cm³/mol. The van der Waals surface area contributed by atoms with Crippen LogP contribution in [0.3, 0.4) is 0 Å². The van der Waals surface area contributed by atoms with Crippen molar-refractivity contribution >= 4 is 38.5 Å². The van der Waals surface area contributed by atoms with E-state index >= 15 is 4.39 Å². The van der Waals surface area contributed by atoms with Gasteiger partial charge in [-0.05, 0) is 49.3 Å². The van der Waals surface area contributed by atoms with Gasteiger partial charge in [0.25, 0.3) is 5.91 Å². The number of amides is 1. The number of benzene rings is 2. The first-order valence-corrected chi connectivity index (χ1v) is 10.6. The normalized spacial score (nSPS) is 15.5. The van der Waals surface area contributed by atoms with Gasteiger partial charge in [0.2, 0.25) is 0 Å². The summed E-state index contributed by atoms with van der Waals surface area (Å²) in [5.41, 5.74) is 0.241. The fourth-order valence-corrected chi connectivity index (χ4v) is 4.41. The molecule has 156 valence electrons. The molecule has 3 rings (SSSR count). The number of carbonyl (C=O) groups is 2. The smallest absolute Gasteiger partial charge is 0.326 e. The van der Waals surface area contributed by atoms with Crippen LogP contribution in [0.1, 0.15) is 31.7 Å². The van der Waals surface area contributed by atoms with Crippen LogP contribution in [0, 0.1) is 5.82 Å². The van der Waals surface area contributed by atoms with Crippen LogP contribution < -0.4 is 9.03 Å². The summed E-state index contributed by atoms with van der Waals surface area (Å²) in [5.74, 6) is -2.56. The first kappa shape index (κ1) is 20.8. The summed E-state index contributed by atoms with van der Waals surface area (Å²) in [4.78, 5) is 22.8. The third-order valence-electron chi connectivity index (χ3n) is 4.57. The minimum Gasteiger partial charge on any atom is -0.506 e. The Morgan fingerprint density at radius 1 is 1.31 bits per heavy atom. The molecule has 0 aromatic heterocycles. The van der Waals surface area contributed by atoms with Gasteiger partial charge in [0, 0.05) is 11.8 Å².